The summed E-state index contributed by atoms with van der Waals surface area (Å²) in [5.41, 5.74) is 2.40. The fourth-order valence-corrected chi connectivity index (χ4v) is 2.94. The van der Waals surface area contributed by atoms with E-state index in [-0.39, 0.29) is 5.91 Å². The molecule has 0 atom stereocenters. The molecular weight excluding hydrogens is 280 g/mol. The smallest absolute Gasteiger partial charge is 0.267 e. The van der Waals surface area contributed by atoms with Crippen molar-refractivity contribution in [1.82, 2.24) is 0 Å². The SMILES string of the molecule is CCCC1=NN(c2ccccc2)C(=O)/C1=C/c1cccs1. The van der Waals surface area contributed by atoms with E-state index in [1.54, 1.807) is 11.3 Å². The van der Waals surface area contributed by atoms with Gasteiger partial charge in [-0.05, 0) is 36.1 Å². The topological polar surface area (TPSA) is 32.7 Å². The first kappa shape index (κ1) is 13.8. The lowest BCUT2D eigenvalue weighted by Gasteiger charge is -2.10. The third-order valence-electron chi connectivity index (χ3n) is 3.27. The number of para-hydroxylation sites is 1. The summed E-state index contributed by atoms with van der Waals surface area (Å²) in [5, 5.41) is 8.04. The average Bonchev–Trinajstić information content (AvgIpc) is 3.12. The van der Waals surface area contributed by atoms with Crippen molar-refractivity contribution in [3.63, 3.8) is 0 Å². The van der Waals surface area contributed by atoms with Crippen LogP contribution in [0.25, 0.3) is 6.08 Å². The van der Waals surface area contributed by atoms with Crippen molar-refractivity contribution < 1.29 is 4.79 Å². The van der Waals surface area contributed by atoms with Crippen LogP contribution in [0.4, 0.5) is 5.69 Å². The van der Waals surface area contributed by atoms with Crippen molar-refractivity contribution in [1.29, 1.82) is 0 Å². The van der Waals surface area contributed by atoms with Crippen LogP contribution in [0.15, 0.2) is 58.5 Å². The summed E-state index contributed by atoms with van der Waals surface area (Å²) in [6, 6.07) is 13.6. The van der Waals surface area contributed by atoms with Crippen LogP contribution in [0.2, 0.25) is 0 Å². The molecule has 21 heavy (non-hydrogen) atoms. The van der Waals surface area contributed by atoms with E-state index in [1.807, 2.05) is 53.9 Å². The van der Waals surface area contributed by atoms with Crippen LogP contribution in [0.1, 0.15) is 24.6 Å². The minimum Gasteiger partial charge on any atom is -0.267 e. The van der Waals surface area contributed by atoms with E-state index in [1.165, 1.54) is 5.01 Å². The second-order valence-electron chi connectivity index (χ2n) is 4.82. The summed E-state index contributed by atoms with van der Waals surface area (Å²) in [5.74, 6) is -0.0435. The van der Waals surface area contributed by atoms with Crippen LogP contribution in [0.3, 0.4) is 0 Å². The summed E-state index contributed by atoms with van der Waals surface area (Å²) in [6.45, 7) is 2.10. The molecule has 3 nitrogen and oxygen atoms in total. The zero-order chi connectivity index (χ0) is 14.7. The maximum absolute atomic E-state index is 12.7. The summed E-state index contributed by atoms with van der Waals surface area (Å²) in [7, 11) is 0. The fourth-order valence-electron chi connectivity index (χ4n) is 2.28. The number of hydrogen-bond acceptors (Lipinski definition) is 3. The van der Waals surface area contributed by atoms with Crippen molar-refractivity contribution >= 4 is 34.7 Å². The van der Waals surface area contributed by atoms with E-state index >= 15 is 0 Å². The number of carbonyl (C=O) groups is 1. The molecule has 0 N–H and O–H groups in total. The minimum atomic E-state index is -0.0435. The van der Waals surface area contributed by atoms with Crippen LogP contribution < -0.4 is 5.01 Å². The molecule has 1 aromatic heterocycles. The van der Waals surface area contributed by atoms with Gasteiger partial charge in [-0.2, -0.15) is 10.1 Å². The Hall–Kier alpha value is -2.20. The molecule has 0 aliphatic carbocycles. The molecule has 3 rings (SSSR count). The Morgan fingerprint density at radius 3 is 2.67 bits per heavy atom. The highest BCUT2D eigenvalue weighted by molar-refractivity contribution is 7.10. The van der Waals surface area contributed by atoms with Gasteiger partial charge < -0.3 is 0 Å². The highest BCUT2D eigenvalue weighted by Crippen LogP contribution is 2.27. The van der Waals surface area contributed by atoms with Gasteiger partial charge in [-0.1, -0.05) is 37.6 Å². The Bertz CT molecular complexity index is 687. The van der Waals surface area contributed by atoms with E-state index in [0.29, 0.717) is 5.57 Å². The standard InChI is InChI=1S/C17H16N2OS/c1-2-7-16-15(12-14-10-6-11-21-14)17(20)19(18-16)13-8-4-3-5-9-13/h3-6,8-12H,2,7H2,1H3/b15-12+. The van der Waals surface area contributed by atoms with Gasteiger partial charge >= 0.3 is 0 Å². The third kappa shape index (κ3) is 2.81. The van der Waals surface area contributed by atoms with Gasteiger partial charge in [0.15, 0.2) is 0 Å². The average molecular weight is 296 g/mol. The predicted molar refractivity (Wildman–Crippen MR) is 88.6 cm³/mol. The van der Waals surface area contributed by atoms with Gasteiger partial charge in [0.25, 0.3) is 5.91 Å². The summed E-state index contributed by atoms with van der Waals surface area (Å²) in [6.07, 6.45) is 3.73. The van der Waals surface area contributed by atoms with Crippen LogP contribution in [-0.2, 0) is 4.79 Å². The molecule has 0 saturated carbocycles. The van der Waals surface area contributed by atoms with E-state index < -0.39 is 0 Å². The highest BCUT2D eigenvalue weighted by Gasteiger charge is 2.30. The van der Waals surface area contributed by atoms with Crippen LogP contribution in [0, 0.1) is 0 Å². The fraction of sp³-hybridized carbons (Fsp3) is 0.176. The summed E-state index contributed by atoms with van der Waals surface area (Å²) in [4.78, 5) is 13.7. The quantitative estimate of drug-likeness (QED) is 0.773. The molecule has 0 spiro atoms. The molecule has 0 fully saturated rings. The number of nitrogens with zero attached hydrogens (tertiary/aromatic N) is 2. The van der Waals surface area contributed by atoms with E-state index in [9.17, 15) is 4.79 Å². The molecule has 0 unspecified atom stereocenters. The van der Waals surface area contributed by atoms with Crippen molar-refractivity contribution in [2.24, 2.45) is 5.10 Å². The lowest BCUT2D eigenvalue weighted by atomic mass is 10.1. The van der Waals surface area contributed by atoms with Crippen LogP contribution >= 0.6 is 11.3 Å². The maximum Gasteiger partial charge on any atom is 0.280 e. The molecular formula is C17H16N2OS. The first-order chi connectivity index (χ1) is 10.3. The van der Waals surface area contributed by atoms with Gasteiger partial charge in [0.05, 0.1) is 17.0 Å². The molecule has 0 saturated heterocycles. The number of hydrazone groups is 1. The van der Waals surface area contributed by atoms with Crippen molar-refractivity contribution in [3.8, 4) is 0 Å². The van der Waals surface area contributed by atoms with Gasteiger partial charge in [-0.25, -0.2) is 0 Å². The molecule has 4 heteroatoms. The van der Waals surface area contributed by atoms with Gasteiger partial charge in [0.2, 0.25) is 0 Å². The Kier molecular flexibility index (Phi) is 3.97. The van der Waals surface area contributed by atoms with Crippen molar-refractivity contribution in [2.75, 3.05) is 5.01 Å². The van der Waals surface area contributed by atoms with Crippen LogP contribution in [0.5, 0.6) is 0 Å². The largest absolute Gasteiger partial charge is 0.280 e. The molecule has 1 aromatic carbocycles. The number of benzene rings is 1. The Morgan fingerprint density at radius 2 is 2.00 bits per heavy atom. The first-order valence-corrected chi connectivity index (χ1v) is 7.90. The number of hydrogen-bond donors (Lipinski definition) is 0. The summed E-state index contributed by atoms with van der Waals surface area (Å²) >= 11 is 1.63. The van der Waals surface area contributed by atoms with E-state index in [4.69, 9.17) is 0 Å². The normalized spacial score (nSPS) is 16.6. The zero-order valence-corrected chi connectivity index (χ0v) is 12.6. The molecule has 2 heterocycles. The molecule has 1 amide bonds. The van der Waals surface area contributed by atoms with Gasteiger partial charge in [-0.3, -0.25) is 4.79 Å². The number of anilines is 1. The van der Waals surface area contributed by atoms with Gasteiger partial charge in [-0.15, -0.1) is 11.3 Å². The second-order valence-corrected chi connectivity index (χ2v) is 5.80. The zero-order valence-electron chi connectivity index (χ0n) is 11.8. The predicted octanol–water partition coefficient (Wildman–Crippen LogP) is 4.33. The lowest BCUT2D eigenvalue weighted by Crippen LogP contribution is -2.21. The lowest BCUT2D eigenvalue weighted by molar-refractivity contribution is -0.114. The van der Waals surface area contributed by atoms with Crippen LogP contribution in [-0.4, -0.2) is 11.6 Å². The molecule has 0 bridgehead atoms. The van der Waals surface area contributed by atoms with E-state index in [2.05, 4.69) is 12.0 Å². The second kappa shape index (κ2) is 6.06. The summed E-state index contributed by atoms with van der Waals surface area (Å²) < 4.78 is 0. The Labute approximate surface area is 128 Å². The number of carbonyl (C=O) groups excluding carboxylic acids is 1. The highest BCUT2D eigenvalue weighted by atomic mass is 32.1. The monoisotopic (exact) mass is 296 g/mol. The van der Waals surface area contributed by atoms with Gasteiger partial charge in [0.1, 0.15) is 0 Å². The number of rotatable bonds is 4. The molecule has 0 radical (unpaired) electrons. The number of amides is 1. The maximum atomic E-state index is 12.7. The Balaban J connectivity index is 1.98. The van der Waals surface area contributed by atoms with Crippen molar-refractivity contribution in [2.45, 2.75) is 19.8 Å². The molecule has 1 aliphatic rings. The number of thiophene rings is 1. The van der Waals surface area contributed by atoms with Crippen molar-refractivity contribution in [3.05, 3.63) is 58.3 Å². The molecule has 106 valence electrons. The molecule has 1 aliphatic heterocycles. The van der Waals surface area contributed by atoms with Gasteiger partial charge in [0, 0.05) is 4.88 Å². The minimum absolute atomic E-state index is 0.0435. The van der Waals surface area contributed by atoms with E-state index in [0.717, 1.165) is 29.1 Å². The first-order valence-electron chi connectivity index (χ1n) is 7.02. The Morgan fingerprint density at radius 1 is 1.19 bits per heavy atom. The third-order valence-corrected chi connectivity index (χ3v) is 4.09. The molecule has 2 aromatic rings.